The summed E-state index contributed by atoms with van der Waals surface area (Å²) >= 11 is 0. The molecule has 6 rings (SSSR count). The van der Waals surface area contributed by atoms with Gasteiger partial charge in [0.2, 0.25) is 0 Å². The van der Waals surface area contributed by atoms with E-state index in [1.54, 1.807) is 6.07 Å². The SMILES string of the molecule is CC(C)N1CCOc2cc(F)ccc21.Cc1ccc2c(c1)CCCN2C(C)C.Cc1ccc2c(c1)OCC(C)(C)N2C(C)(C)C. The molecule has 45 heavy (non-hydrogen) atoms. The third-order valence-electron chi connectivity index (χ3n) is 8.67. The standard InChI is InChI=1S/C15H23NO.C13H19N.C11H14FNO/c1-11-7-8-12-13(9-11)17-10-15(5,6)16(12)14(2,3)4;1-10(2)14-8-4-5-12-9-11(3)6-7-13(12)14;1-8(2)13-5-6-14-11-7-9(12)3-4-10(11)13/h7-9H,10H2,1-6H3;6-7,9-10H,4-5,8H2,1-3H3;3-4,7-8H,5-6H2,1-2H3. The lowest BCUT2D eigenvalue weighted by molar-refractivity contribution is 0.188. The lowest BCUT2D eigenvalue weighted by Crippen LogP contribution is -2.59. The van der Waals surface area contributed by atoms with E-state index in [2.05, 4.69) is 127 Å². The molecule has 0 aliphatic carbocycles. The van der Waals surface area contributed by atoms with Crippen molar-refractivity contribution in [1.82, 2.24) is 0 Å². The zero-order valence-electron chi connectivity index (χ0n) is 29.6. The van der Waals surface area contributed by atoms with E-state index in [-0.39, 0.29) is 16.9 Å². The third-order valence-corrected chi connectivity index (χ3v) is 8.67. The second kappa shape index (κ2) is 13.9. The third kappa shape index (κ3) is 8.25. The van der Waals surface area contributed by atoms with Gasteiger partial charge < -0.3 is 24.2 Å². The van der Waals surface area contributed by atoms with E-state index in [1.807, 2.05) is 0 Å². The van der Waals surface area contributed by atoms with Gasteiger partial charge in [-0.2, -0.15) is 0 Å². The molecule has 0 unspecified atom stereocenters. The highest BCUT2D eigenvalue weighted by Gasteiger charge is 2.40. The van der Waals surface area contributed by atoms with Crippen molar-refractivity contribution in [3.63, 3.8) is 0 Å². The van der Waals surface area contributed by atoms with E-state index >= 15 is 0 Å². The molecule has 0 saturated heterocycles. The minimum Gasteiger partial charge on any atom is -0.489 e. The molecule has 6 heteroatoms. The topological polar surface area (TPSA) is 28.2 Å². The van der Waals surface area contributed by atoms with Gasteiger partial charge in [0, 0.05) is 35.9 Å². The van der Waals surface area contributed by atoms with Gasteiger partial charge in [-0.15, -0.1) is 0 Å². The highest BCUT2D eigenvalue weighted by atomic mass is 19.1. The van der Waals surface area contributed by atoms with E-state index in [1.165, 1.54) is 59.6 Å². The van der Waals surface area contributed by atoms with Crippen LogP contribution >= 0.6 is 0 Å². The largest absolute Gasteiger partial charge is 0.489 e. The normalized spacial score (nSPS) is 16.7. The van der Waals surface area contributed by atoms with Gasteiger partial charge in [0.15, 0.2) is 0 Å². The maximum atomic E-state index is 12.9. The van der Waals surface area contributed by atoms with Crippen molar-refractivity contribution in [2.24, 2.45) is 0 Å². The van der Waals surface area contributed by atoms with E-state index in [0.717, 1.165) is 24.6 Å². The van der Waals surface area contributed by atoms with Crippen LogP contribution in [0.15, 0.2) is 54.6 Å². The quantitative estimate of drug-likeness (QED) is 0.286. The first-order valence-electron chi connectivity index (χ1n) is 16.7. The number of hydrogen-bond donors (Lipinski definition) is 0. The van der Waals surface area contributed by atoms with Gasteiger partial charge >= 0.3 is 0 Å². The number of aryl methyl sites for hydroxylation is 3. The molecular formula is C39H56FN3O2. The molecule has 3 aliphatic heterocycles. The lowest BCUT2D eigenvalue weighted by Gasteiger charge is -2.51. The summed E-state index contributed by atoms with van der Waals surface area (Å²) in [5.74, 6) is 1.43. The Balaban J connectivity index is 0.000000155. The van der Waals surface area contributed by atoms with Gasteiger partial charge in [0.25, 0.3) is 0 Å². The number of hydrogen-bond acceptors (Lipinski definition) is 5. The molecule has 0 spiro atoms. The predicted octanol–water partition coefficient (Wildman–Crippen LogP) is 9.36. The molecule has 0 N–H and O–H groups in total. The van der Waals surface area contributed by atoms with E-state index in [4.69, 9.17) is 9.47 Å². The number of fused-ring (bicyclic) bond motifs is 3. The number of benzene rings is 3. The van der Waals surface area contributed by atoms with E-state index < -0.39 is 0 Å². The summed E-state index contributed by atoms with van der Waals surface area (Å²) in [5.41, 5.74) is 7.94. The van der Waals surface area contributed by atoms with Crippen LogP contribution in [0.25, 0.3) is 0 Å². The average Bonchev–Trinajstić information content (AvgIpc) is 2.96. The summed E-state index contributed by atoms with van der Waals surface area (Å²) in [6.07, 6.45) is 2.55. The first-order valence-corrected chi connectivity index (χ1v) is 16.7. The second-order valence-electron chi connectivity index (χ2n) is 14.8. The number of halogens is 1. The van der Waals surface area contributed by atoms with Crippen molar-refractivity contribution >= 4 is 17.1 Å². The Morgan fingerprint density at radius 1 is 0.733 bits per heavy atom. The van der Waals surface area contributed by atoms with Crippen molar-refractivity contribution in [3.8, 4) is 11.5 Å². The molecule has 3 aromatic rings. The Hall–Kier alpha value is -3.41. The molecule has 0 amide bonds. The van der Waals surface area contributed by atoms with Gasteiger partial charge in [0.05, 0.1) is 23.5 Å². The van der Waals surface area contributed by atoms with Crippen LogP contribution in [0.5, 0.6) is 11.5 Å². The molecule has 3 heterocycles. The molecule has 0 saturated carbocycles. The predicted molar refractivity (Wildman–Crippen MR) is 189 cm³/mol. The van der Waals surface area contributed by atoms with Crippen LogP contribution in [0, 0.1) is 19.7 Å². The Morgan fingerprint density at radius 2 is 1.31 bits per heavy atom. The maximum Gasteiger partial charge on any atom is 0.145 e. The molecule has 0 atom stereocenters. The zero-order valence-corrected chi connectivity index (χ0v) is 29.6. The molecular weight excluding hydrogens is 561 g/mol. The van der Waals surface area contributed by atoms with Gasteiger partial charge in [-0.25, -0.2) is 4.39 Å². The van der Waals surface area contributed by atoms with Gasteiger partial charge in [0.1, 0.15) is 30.5 Å². The van der Waals surface area contributed by atoms with Crippen LogP contribution in [0.4, 0.5) is 21.5 Å². The summed E-state index contributed by atoms with van der Waals surface area (Å²) in [5, 5.41) is 0. The summed E-state index contributed by atoms with van der Waals surface area (Å²) in [6.45, 7) is 27.8. The van der Waals surface area contributed by atoms with Crippen molar-refractivity contribution in [2.75, 3.05) is 41.0 Å². The smallest absolute Gasteiger partial charge is 0.145 e. The van der Waals surface area contributed by atoms with Gasteiger partial charge in [-0.1, -0.05) is 23.8 Å². The zero-order chi connectivity index (χ0) is 33.1. The minimum absolute atomic E-state index is 0.0283. The summed E-state index contributed by atoms with van der Waals surface area (Å²) in [7, 11) is 0. The molecule has 0 radical (unpaired) electrons. The van der Waals surface area contributed by atoms with Gasteiger partial charge in [-0.05, 0) is 130 Å². The fraction of sp³-hybridized carbons (Fsp3) is 0.538. The second-order valence-corrected chi connectivity index (χ2v) is 14.8. The summed E-state index contributed by atoms with van der Waals surface area (Å²) in [6, 6.07) is 19.0. The Bertz CT molecular complexity index is 1380. The van der Waals surface area contributed by atoms with Crippen LogP contribution in [-0.2, 0) is 6.42 Å². The average molecular weight is 618 g/mol. The molecule has 3 aliphatic rings. The molecule has 3 aromatic carbocycles. The molecule has 246 valence electrons. The Morgan fingerprint density at radius 3 is 1.96 bits per heavy atom. The van der Waals surface area contributed by atoms with Crippen LogP contribution in [0.3, 0.4) is 0 Å². The van der Waals surface area contributed by atoms with Crippen molar-refractivity contribution in [2.45, 2.75) is 112 Å². The van der Waals surface area contributed by atoms with Crippen LogP contribution in [-0.4, -0.2) is 49.5 Å². The monoisotopic (exact) mass is 617 g/mol. The first-order chi connectivity index (χ1) is 21.1. The van der Waals surface area contributed by atoms with Crippen molar-refractivity contribution < 1.29 is 13.9 Å². The van der Waals surface area contributed by atoms with Gasteiger partial charge in [-0.3, -0.25) is 0 Å². The molecule has 0 bridgehead atoms. The molecule has 0 fully saturated rings. The fourth-order valence-electron chi connectivity index (χ4n) is 6.88. The number of rotatable bonds is 2. The molecule has 5 nitrogen and oxygen atoms in total. The maximum absolute atomic E-state index is 12.9. The summed E-state index contributed by atoms with van der Waals surface area (Å²) < 4.78 is 24.2. The van der Waals surface area contributed by atoms with Crippen molar-refractivity contribution in [3.05, 3.63) is 77.1 Å². The van der Waals surface area contributed by atoms with Crippen LogP contribution in [0.2, 0.25) is 0 Å². The Labute approximate surface area is 272 Å². The summed E-state index contributed by atoms with van der Waals surface area (Å²) in [4.78, 5) is 7.20. The minimum atomic E-state index is -0.241. The highest BCUT2D eigenvalue weighted by molar-refractivity contribution is 5.64. The number of anilines is 3. The lowest BCUT2D eigenvalue weighted by atomic mass is 9.92. The number of ether oxygens (including phenoxy) is 2. The fourth-order valence-corrected chi connectivity index (χ4v) is 6.88. The number of nitrogens with zero attached hydrogens (tertiary/aromatic N) is 3. The van der Waals surface area contributed by atoms with Crippen molar-refractivity contribution in [1.29, 1.82) is 0 Å². The van der Waals surface area contributed by atoms with Crippen LogP contribution < -0.4 is 24.2 Å². The first kappa shape index (κ1) is 34.5. The highest BCUT2D eigenvalue weighted by Crippen LogP contribution is 2.42. The van der Waals surface area contributed by atoms with E-state index in [9.17, 15) is 4.39 Å². The van der Waals surface area contributed by atoms with E-state index in [0.29, 0.717) is 24.4 Å². The van der Waals surface area contributed by atoms with Crippen LogP contribution in [0.1, 0.15) is 85.4 Å². The molecule has 0 aromatic heterocycles. The Kier molecular flexibility index (Phi) is 10.7.